The van der Waals surface area contributed by atoms with Crippen molar-refractivity contribution >= 4 is 35.0 Å². The molecule has 0 aliphatic carbocycles. The van der Waals surface area contributed by atoms with Gasteiger partial charge in [-0.05, 0) is 36.3 Å². The van der Waals surface area contributed by atoms with Crippen LogP contribution in [0, 0.1) is 21.8 Å². The fraction of sp³-hybridized carbons (Fsp3) is 0.190. The van der Waals surface area contributed by atoms with E-state index < -0.39 is 28.5 Å². The predicted molar refractivity (Wildman–Crippen MR) is 110 cm³/mol. The standard InChI is InChI=1S/C21H18FN3O6/c1-31-12-19-18(10-14(21(27)28)9-13-5-7-15(22)8-6-13)20(26)24(23-19)16-3-2-4-17(11-16)25(29)30/h2-9,11,18H,10,12H2,1H3,(H,27,28). The van der Waals surface area contributed by atoms with E-state index in [1.807, 2.05) is 0 Å². The van der Waals surface area contributed by atoms with Crippen molar-refractivity contribution < 1.29 is 28.7 Å². The van der Waals surface area contributed by atoms with Crippen molar-refractivity contribution in [1.82, 2.24) is 0 Å². The monoisotopic (exact) mass is 427 g/mol. The number of rotatable bonds is 8. The zero-order valence-electron chi connectivity index (χ0n) is 16.4. The lowest BCUT2D eigenvalue weighted by atomic mass is 9.93. The summed E-state index contributed by atoms with van der Waals surface area (Å²) in [6, 6.07) is 10.7. The number of nitrogens with zero attached hydrogens (tertiary/aromatic N) is 3. The molecule has 1 aliphatic heterocycles. The van der Waals surface area contributed by atoms with E-state index in [-0.39, 0.29) is 30.0 Å². The Kier molecular flexibility index (Phi) is 6.51. The number of aliphatic carboxylic acids is 1. The summed E-state index contributed by atoms with van der Waals surface area (Å²) in [4.78, 5) is 35.3. The number of amides is 1. The van der Waals surface area contributed by atoms with Crippen LogP contribution in [-0.4, -0.2) is 41.3 Å². The van der Waals surface area contributed by atoms with Gasteiger partial charge in [0.1, 0.15) is 5.82 Å². The summed E-state index contributed by atoms with van der Waals surface area (Å²) in [6.45, 7) is -0.0225. The summed E-state index contributed by atoms with van der Waals surface area (Å²) >= 11 is 0. The molecule has 1 N–H and O–H groups in total. The first-order chi connectivity index (χ1) is 14.8. The number of carboxylic acid groups (broad SMARTS) is 1. The van der Waals surface area contributed by atoms with Gasteiger partial charge in [-0.25, -0.2) is 9.18 Å². The van der Waals surface area contributed by atoms with Crippen LogP contribution >= 0.6 is 0 Å². The fourth-order valence-corrected chi connectivity index (χ4v) is 3.13. The van der Waals surface area contributed by atoms with Crippen LogP contribution in [-0.2, 0) is 14.3 Å². The van der Waals surface area contributed by atoms with Crippen molar-refractivity contribution in [2.75, 3.05) is 18.7 Å². The second-order valence-electron chi connectivity index (χ2n) is 6.73. The number of carbonyl (C=O) groups is 2. The van der Waals surface area contributed by atoms with Crippen LogP contribution in [0.1, 0.15) is 12.0 Å². The molecule has 0 fully saturated rings. The molecule has 31 heavy (non-hydrogen) atoms. The van der Waals surface area contributed by atoms with Gasteiger partial charge in [-0.3, -0.25) is 14.9 Å². The molecule has 10 heteroatoms. The van der Waals surface area contributed by atoms with E-state index >= 15 is 0 Å². The third kappa shape index (κ3) is 4.98. The summed E-state index contributed by atoms with van der Waals surface area (Å²) in [5, 5.41) is 25.9. The minimum absolute atomic E-state index is 0.0225. The minimum Gasteiger partial charge on any atom is -0.478 e. The Balaban J connectivity index is 1.92. The maximum absolute atomic E-state index is 13.1. The number of non-ortho nitro benzene ring substituents is 1. The highest BCUT2D eigenvalue weighted by Gasteiger charge is 2.38. The summed E-state index contributed by atoms with van der Waals surface area (Å²) in [7, 11) is 1.41. The van der Waals surface area contributed by atoms with Crippen molar-refractivity contribution in [3.63, 3.8) is 0 Å². The van der Waals surface area contributed by atoms with E-state index in [2.05, 4.69) is 5.10 Å². The number of hydrazone groups is 1. The Bertz CT molecular complexity index is 1080. The van der Waals surface area contributed by atoms with Crippen LogP contribution in [0.5, 0.6) is 0 Å². The largest absolute Gasteiger partial charge is 0.478 e. The van der Waals surface area contributed by atoms with Gasteiger partial charge in [-0.15, -0.1) is 0 Å². The first-order valence-electron chi connectivity index (χ1n) is 9.14. The second kappa shape index (κ2) is 9.26. The molecule has 9 nitrogen and oxygen atoms in total. The molecule has 0 aromatic heterocycles. The van der Waals surface area contributed by atoms with Gasteiger partial charge in [0.05, 0.1) is 28.8 Å². The number of benzene rings is 2. The maximum atomic E-state index is 13.1. The molecule has 160 valence electrons. The molecule has 0 radical (unpaired) electrons. The predicted octanol–water partition coefficient (Wildman–Crippen LogP) is 3.26. The number of carbonyl (C=O) groups excluding carboxylic acids is 1. The Labute approximate surface area is 176 Å². The Morgan fingerprint density at radius 3 is 2.65 bits per heavy atom. The number of nitro benzene ring substituents is 1. The normalized spacial score (nSPS) is 16.4. The number of carboxylic acids is 1. The number of anilines is 1. The number of halogens is 1. The van der Waals surface area contributed by atoms with Crippen LogP contribution in [0.2, 0.25) is 0 Å². The topological polar surface area (TPSA) is 122 Å². The average Bonchev–Trinajstić information content (AvgIpc) is 3.04. The molecule has 1 atom stereocenters. The highest BCUT2D eigenvalue weighted by Crippen LogP contribution is 2.30. The summed E-state index contributed by atoms with van der Waals surface area (Å²) in [5.74, 6) is -3.15. The van der Waals surface area contributed by atoms with E-state index in [9.17, 15) is 29.2 Å². The number of hydrogen-bond donors (Lipinski definition) is 1. The van der Waals surface area contributed by atoms with E-state index in [0.717, 1.165) is 5.01 Å². The SMILES string of the molecule is COCC1=NN(c2cccc([N+](=O)[O-])c2)C(=O)C1CC(=Cc1ccc(F)cc1)C(=O)O. The molecular weight excluding hydrogens is 409 g/mol. The van der Waals surface area contributed by atoms with Crippen molar-refractivity contribution in [1.29, 1.82) is 0 Å². The van der Waals surface area contributed by atoms with Crippen molar-refractivity contribution in [2.45, 2.75) is 6.42 Å². The van der Waals surface area contributed by atoms with E-state index in [1.54, 1.807) is 0 Å². The van der Waals surface area contributed by atoms with Crippen molar-refractivity contribution in [3.8, 4) is 0 Å². The molecule has 3 rings (SSSR count). The van der Waals surface area contributed by atoms with Gasteiger partial charge in [0.25, 0.3) is 11.6 Å². The van der Waals surface area contributed by atoms with Gasteiger partial charge < -0.3 is 9.84 Å². The lowest BCUT2D eigenvalue weighted by Gasteiger charge is -2.15. The fourth-order valence-electron chi connectivity index (χ4n) is 3.13. The van der Waals surface area contributed by atoms with Crippen LogP contribution < -0.4 is 5.01 Å². The summed E-state index contributed by atoms with van der Waals surface area (Å²) in [5.41, 5.74) is 0.666. The molecule has 2 aromatic carbocycles. The summed E-state index contributed by atoms with van der Waals surface area (Å²) in [6.07, 6.45) is 1.18. The number of nitro groups is 1. The van der Waals surface area contributed by atoms with Crippen LogP contribution in [0.3, 0.4) is 0 Å². The van der Waals surface area contributed by atoms with Crippen LogP contribution in [0.4, 0.5) is 15.8 Å². The molecular formula is C21H18FN3O6. The molecule has 1 unspecified atom stereocenters. The molecule has 1 heterocycles. The number of methoxy groups -OCH3 is 1. The molecule has 0 saturated heterocycles. The zero-order valence-corrected chi connectivity index (χ0v) is 16.4. The van der Waals surface area contributed by atoms with E-state index in [0.29, 0.717) is 11.3 Å². The van der Waals surface area contributed by atoms with E-state index in [4.69, 9.17) is 4.74 Å². The van der Waals surface area contributed by atoms with Gasteiger partial charge in [-0.2, -0.15) is 10.1 Å². The minimum atomic E-state index is -1.23. The third-order valence-corrected chi connectivity index (χ3v) is 4.62. The molecule has 0 saturated carbocycles. The Morgan fingerprint density at radius 1 is 1.32 bits per heavy atom. The van der Waals surface area contributed by atoms with Crippen LogP contribution in [0.25, 0.3) is 6.08 Å². The molecule has 2 aromatic rings. The van der Waals surface area contributed by atoms with Gasteiger partial charge >= 0.3 is 5.97 Å². The quantitative estimate of drug-likeness (QED) is 0.392. The highest BCUT2D eigenvalue weighted by atomic mass is 19.1. The average molecular weight is 427 g/mol. The second-order valence-corrected chi connectivity index (χ2v) is 6.73. The molecule has 1 aliphatic rings. The smallest absolute Gasteiger partial charge is 0.331 e. The Morgan fingerprint density at radius 2 is 2.03 bits per heavy atom. The summed E-state index contributed by atoms with van der Waals surface area (Å²) < 4.78 is 18.2. The third-order valence-electron chi connectivity index (χ3n) is 4.62. The van der Waals surface area contributed by atoms with E-state index in [1.165, 1.54) is 61.7 Å². The van der Waals surface area contributed by atoms with Gasteiger partial charge in [0.2, 0.25) is 0 Å². The number of hydrogen-bond acceptors (Lipinski definition) is 6. The van der Waals surface area contributed by atoms with Crippen molar-refractivity contribution in [2.24, 2.45) is 11.0 Å². The number of ether oxygens (including phenoxy) is 1. The highest BCUT2D eigenvalue weighted by molar-refractivity contribution is 6.16. The lowest BCUT2D eigenvalue weighted by Crippen LogP contribution is -2.29. The molecule has 0 spiro atoms. The zero-order chi connectivity index (χ0) is 22.5. The van der Waals surface area contributed by atoms with Gasteiger partial charge in [0.15, 0.2) is 0 Å². The lowest BCUT2D eigenvalue weighted by molar-refractivity contribution is -0.384. The molecule has 1 amide bonds. The maximum Gasteiger partial charge on any atom is 0.331 e. The van der Waals surface area contributed by atoms with Gasteiger partial charge in [0, 0.05) is 24.8 Å². The van der Waals surface area contributed by atoms with Crippen LogP contribution in [0.15, 0.2) is 59.2 Å². The van der Waals surface area contributed by atoms with Gasteiger partial charge in [-0.1, -0.05) is 18.2 Å². The first kappa shape index (κ1) is 21.8. The van der Waals surface area contributed by atoms with Crippen molar-refractivity contribution in [3.05, 3.63) is 75.6 Å². The first-order valence-corrected chi connectivity index (χ1v) is 9.14. The molecule has 0 bridgehead atoms. The Hall–Kier alpha value is -3.92.